The number of amides is 1. The van der Waals surface area contributed by atoms with Gasteiger partial charge in [0.1, 0.15) is 6.04 Å². The molecule has 0 aliphatic heterocycles. The molecule has 0 bridgehead atoms. The van der Waals surface area contributed by atoms with Crippen LogP contribution < -0.4 is 4.31 Å². The van der Waals surface area contributed by atoms with Crippen LogP contribution in [0.1, 0.15) is 18.1 Å². The minimum atomic E-state index is -3.62. The zero-order chi connectivity index (χ0) is 19.5. The number of rotatable bonds is 6. The smallest absolute Gasteiger partial charge is 0.246 e. The monoisotopic (exact) mass is 394 g/mol. The summed E-state index contributed by atoms with van der Waals surface area (Å²) in [6.07, 6.45) is 1.11. The summed E-state index contributed by atoms with van der Waals surface area (Å²) in [4.78, 5) is 14.4. The lowest BCUT2D eigenvalue weighted by molar-refractivity contribution is -0.131. The molecule has 0 N–H and O–H groups in total. The summed E-state index contributed by atoms with van der Waals surface area (Å²) in [6, 6.07) is 13.4. The van der Waals surface area contributed by atoms with E-state index in [0.29, 0.717) is 17.3 Å². The van der Waals surface area contributed by atoms with E-state index < -0.39 is 16.1 Å². The molecule has 2 aromatic rings. The van der Waals surface area contributed by atoms with Gasteiger partial charge >= 0.3 is 0 Å². The van der Waals surface area contributed by atoms with E-state index in [1.165, 1.54) is 4.90 Å². The van der Waals surface area contributed by atoms with Gasteiger partial charge in [0.05, 0.1) is 11.9 Å². The first-order valence-corrected chi connectivity index (χ1v) is 10.4. The zero-order valence-electron chi connectivity index (χ0n) is 15.3. The predicted octanol–water partition coefficient (Wildman–Crippen LogP) is 3.46. The Balaban J connectivity index is 2.23. The maximum Gasteiger partial charge on any atom is 0.246 e. The molecule has 0 aliphatic carbocycles. The maximum atomic E-state index is 12.8. The van der Waals surface area contributed by atoms with Gasteiger partial charge in [-0.15, -0.1) is 0 Å². The van der Waals surface area contributed by atoms with Gasteiger partial charge in [0.25, 0.3) is 0 Å². The third kappa shape index (κ3) is 4.99. The molecule has 2 rings (SSSR count). The number of benzene rings is 2. The van der Waals surface area contributed by atoms with Crippen molar-refractivity contribution in [1.29, 1.82) is 0 Å². The second kappa shape index (κ2) is 8.10. The number of halogens is 1. The van der Waals surface area contributed by atoms with Crippen LogP contribution in [-0.2, 0) is 21.4 Å². The van der Waals surface area contributed by atoms with E-state index in [1.807, 2.05) is 31.2 Å². The van der Waals surface area contributed by atoms with E-state index in [9.17, 15) is 13.2 Å². The molecule has 1 atom stereocenters. The van der Waals surface area contributed by atoms with Gasteiger partial charge in [0.15, 0.2) is 0 Å². The van der Waals surface area contributed by atoms with Crippen LogP contribution in [0.5, 0.6) is 0 Å². The van der Waals surface area contributed by atoms with Crippen LogP contribution in [0, 0.1) is 6.92 Å². The Kier molecular flexibility index (Phi) is 6.31. The summed E-state index contributed by atoms with van der Waals surface area (Å²) >= 11 is 5.88. The molecule has 0 aromatic heterocycles. The predicted molar refractivity (Wildman–Crippen MR) is 106 cm³/mol. The number of hydrogen-bond acceptors (Lipinski definition) is 3. The molecule has 0 saturated heterocycles. The second-order valence-corrected chi connectivity index (χ2v) is 8.69. The van der Waals surface area contributed by atoms with Crippen molar-refractivity contribution in [2.24, 2.45) is 0 Å². The molecule has 0 spiro atoms. The van der Waals surface area contributed by atoms with Crippen molar-refractivity contribution in [2.75, 3.05) is 17.6 Å². The van der Waals surface area contributed by atoms with Gasteiger partial charge in [0, 0.05) is 18.6 Å². The van der Waals surface area contributed by atoms with E-state index in [0.717, 1.165) is 21.7 Å². The van der Waals surface area contributed by atoms with Crippen LogP contribution >= 0.6 is 11.6 Å². The first-order chi connectivity index (χ1) is 12.1. The van der Waals surface area contributed by atoms with Crippen molar-refractivity contribution in [3.05, 3.63) is 64.7 Å². The number of likely N-dealkylation sites (N-methyl/N-ethyl adjacent to an activating group) is 1. The molecule has 0 aliphatic rings. The number of anilines is 1. The second-order valence-electron chi connectivity index (χ2n) is 6.39. The molecule has 0 unspecified atom stereocenters. The molecule has 0 saturated carbocycles. The van der Waals surface area contributed by atoms with Gasteiger partial charge in [-0.3, -0.25) is 9.10 Å². The maximum absolute atomic E-state index is 12.8. The fraction of sp³-hybridized carbons (Fsp3) is 0.316. The molecule has 5 nitrogen and oxygen atoms in total. The molecular weight excluding hydrogens is 372 g/mol. The lowest BCUT2D eigenvalue weighted by atomic mass is 10.2. The van der Waals surface area contributed by atoms with Gasteiger partial charge in [0.2, 0.25) is 15.9 Å². The minimum Gasteiger partial charge on any atom is -0.340 e. The Morgan fingerprint density at radius 2 is 1.62 bits per heavy atom. The Hall–Kier alpha value is -2.05. The Labute approximate surface area is 160 Å². The zero-order valence-corrected chi connectivity index (χ0v) is 16.9. The third-order valence-corrected chi connectivity index (χ3v) is 5.56. The third-order valence-electron chi connectivity index (χ3n) is 4.06. The van der Waals surface area contributed by atoms with Crippen LogP contribution in [0.25, 0.3) is 0 Å². The molecule has 140 valence electrons. The Morgan fingerprint density at radius 1 is 1.08 bits per heavy atom. The minimum absolute atomic E-state index is 0.286. The number of nitrogens with zero attached hydrogens (tertiary/aromatic N) is 2. The summed E-state index contributed by atoms with van der Waals surface area (Å²) < 4.78 is 25.8. The number of carbonyl (C=O) groups is 1. The molecule has 0 heterocycles. The van der Waals surface area contributed by atoms with Crippen LogP contribution in [0.2, 0.25) is 5.02 Å². The lowest BCUT2D eigenvalue weighted by Gasteiger charge is -2.31. The molecule has 2 aromatic carbocycles. The summed E-state index contributed by atoms with van der Waals surface area (Å²) in [5, 5.41) is 0.624. The van der Waals surface area contributed by atoms with Crippen LogP contribution in [0.15, 0.2) is 48.5 Å². The number of aryl methyl sites for hydroxylation is 1. The van der Waals surface area contributed by atoms with Gasteiger partial charge < -0.3 is 4.90 Å². The topological polar surface area (TPSA) is 57.7 Å². The quantitative estimate of drug-likeness (QED) is 0.753. The van der Waals surface area contributed by atoms with Crippen molar-refractivity contribution in [1.82, 2.24) is 4.90 Å². The molecule has 1 amide bonds. The van der Waals surface area contributed by atoms with Gasteiger partial charge in [-0.1, -0.05) is 41.4 Å². The summed E-state index contributed by atoms with van der Waals surface area (Å²) in [5.74, 6) is -0.286. The van der Waals surface area contributed by atoms with E-state index in [2.05, 4.69) is 0 Å². The summed E-state index contributed by atoms with van der Waals surface area (Å²) in [5.41, 5.74) is 2.40. The van der Waals surface area contributed by atoms with Crippen LogP contribution in [0.3, 0.4) is 0 Å². The number of carbonyl (C=O) groups excluding carboxylic acids is 1. The number of sulfonamides is 1. The number of hydrogen-bond donors (Lipinski definition) is 0. The standard InChI is InChI=1S/C19H23ClN2O3S/c1-14-5-11-18(12-6-14)22(26(4,24)25)15(2)19(23)21(3)13-16-7-9-17(20)10-8-16/h5-12,15H,13H2,1-4H3/t15-/m0/s1. The fourth-order valence-corrected chi connectivity index (χ4v) is 4.05. The van der Waals surface area contributed by atoms with Crippen molar-refractivity contribution >= 4 is 33.2 Å². The van der Waals surface area contributed by atoms with Gasteiger partial charge in [-0.05, 0) is 43.7 Å². The highest BCUT2D eigenvalue weighted by Crippen LogP contribution is 2.22. The highest BCUT2D eigenvalue weighted by atomic mass is 35.5. The molecule has 0 fully saturated rings. The Morgan fingerprint density at radius 3 is 2.12 bits per heavy atom. The van der Waals surface area contributed by atoms with E-state index in [-0.39, 0.29) is 5.91 Å². The first-order valence-electron chi connectivity index (χ1n) is 8.15. The summed E-state index contributed by atoms with van der Waals surface area (Å²) in [7, 11) is -1.96. The van der Waals surface area contributed by atoms with E-state index in [1.54, 1.807) is 38.2 Å². The van der Waals surface area contributed by atoms with Gasteiger partial charge in [-0.2, -0.15) is 0 Å². The molecular formula is C19H23ClN2O3S. The normalized spacial score (nSPS) is 12.5. The Bertz CT molecular complexity index is 865. The van der Waals surface area contributed by atoms with Gasteiger partial charge in [-0.25, -0.2) is 8.42 Å². The van der Waals surface area contributed by atoms with E-state index in [4.69, 9.17) is 11.6 Å². The molecule has 7 heteroatoms. The molecule has 26 heavy (non-hydrogen) atoms. The average molecular weight is 395 g/mol. The highest BCUT2D eigenvalue weighted by Gasteiger charge is 2.30. The fourth-order valence-electron chi connectivity index (χ4n) is 2.75. The average Bonchev–Trinajstić information content (AvgIpc) is 2.57. The van der Waals surface area contributed by atoms with Crippen molar-refractivity contribution in [3.8, 4) is 0 Å². The van der Waals surface area contributed by atoms with Crippen molar-refractivity contribution in [3.63, 3.8) is 0 Å². The van der Waals surface area contributed by atoms with E-state index >= 15 is 0 Å². The summed E-state index contributed by atoms with van der Waals surface area (Å²) in [6.45, 7) is 3.89. The largest absolute Gasteiger partial charge is 0.340 e. The molecule has 0 radical (unpaired) electrons. The van der Waals surface area contributed by atoms with Crippen molar-refractivity contribution in [2.45, 2.75) is 26.4 Å². The van der Waals surface area contributed by atoms with Crippen LogP contribution in [-0.4, -0.2) is 38.6 Å². The van der Waals surface area contributed by atoms with Crippen molar-refractivity contribution < 1.29 is 13.2 Å². The van der Waals surface area contributed by atoms with Crippen LogP contribution in [0.4, 0.5) is 5.69 Å². The highest BCUT2D eigenvalue weighted by molar-refractivity contribution is 7.92. The first kappa shape index (κ1) is 20.3. The SMILES string of the molecule is Cc1ccc(N([C@@H](C)C(=O)N(C)Cc2ccc(Cl)cc2)S(C)(=O)=O)cc1. The lowest BCUT2D eigenvalue weighted by Crippen LogP contribution is -2.48.